The minimum Gasteiger partial charge on any atom is -0.463 e. The Hall–Kier alpha value is -1.98. The summed E-state index contributed by atoms with van der Waals surface area (Å²) in [5, 5.41) is 10.2. The Morgan fingerprint density at radius 2 is 2.22 bits per heavy atom. The van der Waals surface area contributed by atoms with Gasteiger partial charge in [-0.25, -0.2) is 4.79 Å². The average Bonchev–Trinajstić information content (AvgIpc) is 2.67. The molecule has 6 heteroatoms. The van der Waals surface area contributed by atoms with Crippen LogP contribution in [0.1, 0.15) is 27.7 Å². The van der Waals surface area contributed by atoms with Gasteiger partial charge >= 0.3 is 5.97 Å². The van der Waals surface area contributed by atoms with Crippen molar-refractivity contribution in [2.24, 2.45) is 10.2 Å². The first kappa shape index (κ1) is 14.1. The maximum Gasteiger partial charge on any atom is 0.335 e. The van der Waals surface area contributed by atoms with Crippen LogP contribution in [0.25, 0.3) is 0 Å². The number of amides is 1. The number of nitrogens with one attached hydrogen (secondary N) is 1. The van der Waals surface area contributed by atoms with Crippen LogP contribution in [-0.2, 0) is 14.3 Å². The summed E-state index contributed by atoms with van der Waals surface area (Å²) in [6, 6.07) is 0. The number of allylic oxidation sites excluding steroid dienone is 1. The van der Waals surface area contributed by atoms with Gasteiger partial charge in [-0.1, -0.05) is 0 Å². The van der Waals surface area contributed by atoms with Crippen LogP contribution in [0.5, 0.6) is 0 Å². The Morgan fingerprint density at radius 1 is 1.56 bits per heavy atom. The van der Waals surface area contributed by atoms with Gasteiger partial charge in [0.2, 0.25) is 0 Å². The number of esters is 1. The highest BCUT2D eigenvalue weighted by Gasteiger charge is 2.33. The number of azo groups is 1. The maximum absolute atomic E-state index is 11.9. The van der Waals surface area contributed by atoms with E-state index in [1.807, 2.05) is 0 Å². The van der Waals surface area contributed by atoms with Gasteiger partial charge in [0.25, 0.3) is 5.91 Å². The Morgan fingerprint density at radius 3 is 2.72 bits per heavy atom. The summed E-state index contributed by atoms with van der Waals surface area (Å²) in [4.78, 5) is 23.2. The van der Waals surface area contributed by atoms with Crippen LogP contribution in [0.3, 0.4) is 0 Å². The number of hydrogen-bond acceptors (Lipinski definition) is 5. The molecule has 0 saturated heterocycles. The monoisotopic (exact) mass is 251 g/mol. The summed E-state index contributed by atoms with van der Waals surface area (Å²) >= 11 is 0. The molecule has 1 aliphatic heterocycles. The first-order valence-corrected chi connectivity index (χ1v) is 5.66. The molecule has 0 aromatic heterocycles. The van der Waals surface area contributed by atoms with E-state index in [0.717, 1.165) is 0 Å². The van der Waals surface area contributed by atoms with E-state index >= 15 is 0 Å². The number of hydrogen-bond donors (Lipinski definition) is 1. The summed E-state index contributed by atoms with van der Waals surface area (Å²) in [5.41, 5.74) is 0.0124. The van der Waals surface area contributed by atoms with Crippen LogP contribution in [0.15, 0.2) is 33.8 Å². The predicted octanol–water partition coefficient (Wildman–Crippen LogP) is 1.70. The second kappa shape index (κ2) is 5.57. The topological polar surface area (TPSA) is 80.1 Å². The van der Waals surface area contributed by atoms with Crippen molar-refractivity contribution < 1.29 is 14.3 Å². The lowest BCUT2D eigenvalue weighted by atomic mass is 10.0. The fourth-order valence-corrected chi connectivity index (χ4v) is 1.38. The summed E-state index contributed by atoms with van der Waals surface area (Å²) in [7, 11) is 0. The molecule has 0 bridgehead atoms. The fourth-order valence-electron chi connectivity index (χ4n) is 1.38. The van der Waals surface area contributed by atoms with Crippen molar-refractivity contribution in [1.29, 1.82) is 0 Å². The van der Waals surface area contributed by atoms with E-state index in [4.69, 9.17) is 4.74 Å². The summed E-state index contributed by atoms with van der Waals surface area (Å²) < 4.78 is 4.79. The van der Waals surface area contributed by atoms with Gasteiger partial charge in [0, 0.05) is 6.20 Å². The molecule has 0 aliphatic carbocycles. The highest BCUT2D eigenvalue weighted by molar-refractivity contribution is 5.92. The third kappa shape index (κ3) is 3.26. The van der Waals surface area contributed by atoms with Crippen LogP contribution in [-0.4, -0.2) is 24.0 Å². The van der Waals surface area contributed by atoms with Gasteiger partial charge in [-0.15, -0.1) is 0 Å². The molecule has 0 fully saturated rings. The molecule has 0 spiro atoms. The van der Waals surface area contributed by atoms with Crippen molar-refractivity contribution in [3.8, 4) is 0 Å². The highest BCUT2D eigenvalue weighted by Crippen LogP contribution is 2.23. The van der Waals surface area contributed by atoms with Crippen molar-refractivity contribution >= 4 is 11.9 Å². The summed E-state index contributed by atoms with van der Waals surface area (Å²) in [5.74, 6) is -0.797. The molecule has 18 heavy (non-hydrogen) atoms. The standard InChI is InChI=1S/C12H17N3O3/c1-5-18-10(16)8(2)7-13-11(17)12(4)6-9(3)14-15-12/h6-7H,5H2,1-4H3,(H,13,17). The Labute approximate surface area is 106 Å². The van der Waals surface area contributed by atoms with Crippen LogP contribution in [0, 0.1) is 0 Å². The lowest BCUT2D eigenvalue weighted by Gasteiger charge is -2.14. The fraction of sp³-hybridized carbons (Fsp3) is 0.500. The molecule has 0 saturated carbocycles. The summed E-state index contributed by atoms with van der Waals surface area (Å²) in [6.07, 6.45) is 2.98. The molecule has 0 radical (unpaired) electrons. The SMILES string of the molecule is CCOC(=O)C(C)=CNC(=O)C1(C)C=C(C)N=N1. The van der Waals surface area contributed by atoms with Crippen LogP contribution < -0.4 is 5.32 Å². The molecule has 1 aliphatic rings. The Kier molecular flexibility index (Phi) is 4.36. The van der Waals surface area contributed by atoms with E-state index in [9.17, 15) is 9.59 Å². The van der Waals surface area contributed by atoms with Gasteiger partial charge in [0.1, 0.15) is 0 Å². The van der Waals surface area contributed by atoms with Crippen molar-refractivity contribution in [2.45, 2.75) is 33.2 Å². The first-order chi connectivity index (χ1) is 8.39. The molecule has 0 aromatic rings. The molecule has 6 nitrogen and oxygen atoms in total. The molecule has 1 rings (SSSR count). The van der Waals surface area contributed by atoms with E-state index in [2.05, 4.69) is 15.5 Å². The van der Waals surface area contributed by atoms with Crippen LogP contribution in [0.2, 0.25) is 0 Å². The number of rotatable bonds is 4. The number of carbonyl (C=O) groups excluding carboxylic acids is 2. The van der Waals surface area contributed by atoms with E-state index in [-0.39, 0.29) is 5.91 Å². The lowest BCUT2D eigenvalue weighted by Crippen LogP contribution is -2.38. The maximum atomic E-state index is 11.9. The molecule has 98 valence electrons. The van der Waals surface area contributed by atoms with Crippen molar-refractivity contribution in [3.05, 3.63) is 23.5 Å². The van der Waals surface area contributed by atoms with E-state index in [0.29, 0.717) is 17.9 Å². The van der Waals surface area contributed by atoms with E-state index in [1.54, 1.807) is 33.8 Å². The number of carbonyl (C=O) groups is 2. The minimum atomic E-state index is -1.00. The quantitative estimate of drug-likeness (QED) is 0.610. The Balaban J connectivity index is 2.65. The third-order valence-corrected chi connectivity index (χ3v) is 2.38. The van der Waals surface area contributed by atoms with Gasteiger partial charge < -0.3 is 10.1 Å². The van der Waals surface area contributed by atoms with Crippen molar-refractivity contribution in [2.75, 3.05) is 6.61 Å². The zero-order valence-electron chi connectivity index (χ0n) is 11.0. The molecule has 1 heterocycles. The molecule has 1 amide bonds. The second-order valence-electron chi connectivity index (χ2n) is 4.15. The lowest BCUT2D eigenvalue weighted by molar-refractivity contribution is -0.138. The van der Waals surface area contributed by atoms with E-state index < -0.39 is 11.5 Å². The molecule has 1 unspecified atom stereocenters. The normalized spacial score (nSPS) is 22.7. The van der Waals surface area contributed by atoms with Gasteiger partial charge in [-0.05, 0) is 33.8 Å². The second-order valence-corrected chi connectivity index (χ2v) is 4.15. The predicted molar refractivity (Wildman–Crippen MR) is 65.6 cm³/mol. The van der Waals surface area contributed by atoms with Crippen molar-refractivity contribution in [3.63, 3.8) is 0 Å². The average molecular weight is 251 g/mol. The highest BCUT2D eigenvalue weighted by atomic mass is 16.5. The zero-order chi connectivity index (χ0) is 13.8. The van der Waals surface area contributed by atoms with Gasteiger partial charge in [0.05, 0.1) is 17.9 Å². The number of nitrogens with zero attached hydrogens (tertiary/aromatic N) is 2. The number of ether oxygens (including phenoxy) is 1. The largest absolute Gasteiger partial charge is 0.463 e. The van der Waals surface area contributed by atoms with Gasteiger partial charge in [0.15, 0.2) is 5.54 Å². The zero-order valence-corrected chi connectivity index (χ0v) is 11.0. The summed E-state index contributed by atoms with van der Waals surface area (Å²) in [6.45, 7) is 7.00. The molecular weight excluding hydrogens is 234 g/mol. The smallest absolute Gasteiger partial charge is 0.335 e. The Bertz CT molecular complexity index is 451. The third-order valence-electron chi connectivity index (χ3n) is 2.38. The molecular formula is C12H17N3O3. The van der Waals surface area contributed by atoms with Crippen LogP contribution >= 0.6 is 0 Å². The van der Waals surface area contributed by atoms with Gasteiger partial charge in [-0.3, -0.25) is 4.79 Å². The first-order valence-electron chi connectivity index (χ1n) is 5.66. The van der Waals surface area contributed by atoms with E-state index in [1.165, 1.54) is 6.20 Å². The van der Waals surface area contributed by atoms with Gasteiger partial charge in [-0.2, -0.15) is 10.2 Å². The molecule has 1 N–H and O–H groups in total. The molecule has 1 atom stereocenters. The molecule has 0 aromatic carbocycles. The minimum absolute atomic E-state index is 0.297. The van der Waals surface area contributed by atoms with Crippen molar-refractivity contribution in [1.82, 2.24) is 5.32 Å². The van der Waals surface area contributed by atoms with Crippen LogP contribution in [0.4, 0.5) is 0 Å².